The first kappa shape index (κ1) is 51.9. The van der Waals surface area contributed by atoms with Crippen LogP contribution in [0.2, 0.25) is 0 Å². The molecule has 2 aromatic heterocycles. The molecular formula is C64H66N4O10. The third-order valence-corrected chi connectivity index (χ3v) is 16.6. The number of aryl methyl sites for hydroxylation is 1. The van der Waals surface area contributed by atoms with E-state index in [0.717, 1.165) is 62.2 Å². The third-order valence-electron chi connectivity index (χ3n) is 16.6. The number of phenols is 3. The first-order valence-corrected chi connectivity index (χ1v) is 27.1. The second kappa shape index (κ2) is 21.7. The Balaban J connectivity index is 1.12. The molecule has 1 spiro atoms. The van der Waals surface area contributed by atoms with Gasteiger partial charge in [-0.05, 0) is 133 Å². The van der Waals surface area contributed by atoms with Crippen LogP contribution < -0.4 is 19.7 Å². The number of fused-ring (bicyclic) bond motifs is 5. The van der Waals surface area contributed by atoms with E-state index in [-0.39, 0.29) is 83.1 Å². The van der Waals surface area contributed by atoms with Gasteiger partial charge in [0.2, 0.25) is 5.75 Å². The molecular weight excluding hydrogens is 985 g/mol. The number of ether oxygens (including phenoxy) is 3. The van der Waals surface area contributed by atoms with Crippen LogP contribution in [-0.2, 0) is 32.0 Å². The number of H-pyrrole nitrogens is 1. The molecule has 2 aliphatic heterocycles. The molecule has 7 atom stereocenters. The number of aliphatic hydroxyl groups is 1. The van der Waals surface area contributed by atoms with Crippen molar-refractivity contribution in [3.8, 4) is 34.5 Å². The van der Waals surface area contributed by atoms with Gasteiger partial charge in [0.25, 0.3) is 0 Å². The molecule has 4 aromatic carbocycles. The summed E-state index contributed by atoms with van der Waals surface area (Å²) in [7, 11) is 1.47. The molecule has 0 unspecified atom stereocenters. The van der Waals surface area contributed by atoms with Crippen LogP contribution in [0.1, 0.15) is 116 Å². The highest BCUT2D eigenvalue weighted by Gasteiger charge is 2.46. The first-order valence-electron chi connectivity index (χ1n) is 27.1. The average molecular weight is 1050 g/mol. The van der Waals surface area contributed by atoms with Gasteiger partial charge in [-0.1, -0.05) is 66.8 Å². The number of Topliss-reactive ketones (excluding diaryl/α,β-unsaturated/α-hetero) is 2. The molecule has 3 aliphatic carbocycles. The molecule has 5 aliphatic rings. The molecule has 6 N–H and O–H groups in total. The topological polar surface area (TPSA) is 196 Å². The van der Waals surface area contributed by atoms with E-state index in [9.17, 15) is 30.0 Å². The summed E-state index contributed by atoms with van der Waals surface area (Å²) in [5, 5.41) is 50.2. The van der Waals surface area contributed by atoms with Crippen LogP contribution in [0.15, 0.2) is 151 Å². The zero-order valence-corrected chi connectivity index (χ0v) is 44.2. The van der Waals surface area contributed by atoms with Crippen LogP contribution in [0.4, 0.5) is 5.69 Å². The summed E-state index contributed by atoms with van der Waals surface area (Å²) in [6, 6.07) is 20.2. The van der Waals surface area contributed by atoms with Gasteiger partial charge in [0.15, 0.2) is 11.5 Å². The Morgan fingerprint density at radius 2 is 1.72 bits per heavy atom. The number of aromatic amines is 1. The number of ketones is 2. The first-order chi connectivity index (χ1) is 37.8. The van der Waals surface area contributed by atoms with Crippen molar-refractivity contribution in [3.05, 3.63) is 185 Å². The maximum absolute atomic E-state index is 15.2. The third kappa shape index (κ3) is 10.1. The quantitative estimate of drug-likeness (QED) is 0.0593. The van der Waals surface area contributed by atoms with Crippen molar-refractivity contribution in [1.82, 2.24) is 14.9 Å². The van der Waals surface area contributed by atoms with E-state index in [2.05, 4.69) is 86.8 Å². The van der Waals surface area contributed by atoms with Crippen molar-refractivity contribution in [2.24, 2.45) is 11.3 Å². The Morgan fingerprint density at radius 1 is 0.885 bits per heavy atom. The number of dihydropyridines is 1. The summed E-state index contributed by atoms with van der Waals surface area (Å²) in [4.78, 5) is 46.9. The number of aromatic nitrogens is 2. The van der Waals surface area contributed by atoms with Gasteiger partial charge >= 0.3 is 5.97 Å². The standard InChI is InChI=1S/C64H66N4O10/c1-38(69)22-26-67-55-17-16-50-58(74)19-18-56-62(50)53(55)37-68(56)57(42-29-59(75)63(60(30-42)76-3)78-48-14-8-13-46(72)32-48)34-47(73)33-49(77-39(2)70)20-24-64-23-5-4-10-44(64)11-7-15-54(64)52-36-65-35-43(52)28-51(40-9-6-12-45(71)27-40)41-21-25-66-61(67)31-41/h4-10,12-17,21,23,27,29-32,35-37,44,49,51,54,57-58,65-66,71-72,74-75H,11,18-20,22,24-26,28,33-34H2,1-3H3/t44-,49-,51-,54-,57-,58-,64-/m1/s1. The van der Waals surface area contributed by atoms with Crippen LogP contribution in [-0.4, -0.2) is 73.8 Å². The molecule has 402 valence electrons. The fourth-order valence-corrected chi connectivity index (χ4v) is 13.0. The summed E-state index contributed by atoms with van der Waals surface area (Å²) in [5.74, 6) is 0.313. The molecule has 11 rings (SSSR count). The fraction of sp³-hybridized carbons (Fsp3) is 0.328. The van der Waals surface area contributed by atoms with E-state index in [1.807, 2.05) is 30.5 Å². The van der Waals surface area contributed by atoms with Gasteiger partial charge in [-0.25, -0.2) is 0 Å². The number of hydrogen-bond acceptors (Lipinski definition) is 12. The Kier molecular flexibility index (Phi) is 14.4. The molecule has 4 bridgehead atoms. The minimum Gasteiger partial charge on any atom is -0.508 e. The minimum absolute atomic E-state index is 0.0146. The number of carbonyl (C=O) groups excluding carboxylic acids is 3. The van der Waals surface area contributed by atoms with Gasteiger partial charge in [-0.15, -0.1) is 0 Å². The minimum atomic E-state index is -0.771. The molecule has 78 heavy (non-hydrogen) atoms. The molecule has 0 radical (unpaired) electrons. The lowest BCUT2D eigenvalue weighted by Crippen LogP contribution is -2.38. The average Bonchev–Trinajstić information content (AvgIpc) is 4.16. The predicted octanol–water partition coefficient (Wildman–Crippen LogP) is 11.5. The second-order valence-electron chi connectivity index (χ2n) is 21.5. The van der Waals surface area contributed by atoms with Gasteiger partial charge in [-0.3, -0.25) is 14.4 Å². The van der Waals surface area contributed by atoms with E-state index >= 15 is 4.79 Å². The summed E-state index contributed by atoms with van der Waals surface area (Å²) in [6.45, 7) is 3.77. The van der Waals surface area contributed by atoms with E-state index in [1.54, 1.807) is 37.3 Å². The lowest BCUT2D eigenvalue weighted by molar-refractivity contribution is -0.148. The number of aromatic hydroxyl groups is 3. The number of carbonyl (C=O) groups is 3. The van der Waals surface area contributed by atoms with Crippen LogP contribution in [0.3, 0.4) is 0 Å². The van der Waals surface area contributed by atoms with E-state index in [4.69, 9.17) is 14.2 Å². The molecule has 0 fully saturated rings. The number of esters is 1. The van der Waals surface area contributed by atoms with Gasteiger partial charge in [0.1, 0.15) is 40.7 Å². The van der Waals surface area contributed by atoms with Gasteiger partial charge in [0.05, 0.1) is 24.9 Å². The zero-order valence-electron chi connectivity index (χ0n) is 44.2. The smallest absolute Gasteiger partial charge is 0.302 e. The number of allylic oxidation sites excluding steroid dienone is 8. The highest BCUT2D eigenvalue weighted by Crippen LogP contribution is 2.56. The summed E-state index contributed by atoms with van der Waals surface area (Å²) < 4.78 is 20.3. The number of aliphatic hydroxyl groups excluding tert-OH is 1. The SMILES string of the molecule is COc1cc([C@H]2CC(=O)C[C@H](OC(C)=O)CC[C@]34C=CC=C[C@@H]3CC=C[C@@H]4c3c[nH]cc3C[C@H](c3cccc(O)c3)C3=CCNC(=C3)N(CCC(C)=O)c3ccc4c5c(n2cc35)CC[C@H]4O)cc(O)c1Oc1cccc(O)c1. The monoisotopic (exact) mass is 1050 g/mol. The van der Waals surface area contributed by atoms with Crippen molar-refractivity contribution >= 4 is 34.0 Å². The normalized spacial score (nSPS) is 23.9. The van der Waals surface area contributed by atoms with Gasteiger partial charge < -0.3 is 54.4 Å². The summed E-state index contributed by atoms with van der Waals surface area (Å²) >= 11 is 0. The highest BCUT2D eigenvalue weighted by atomic mass is 16.5. The largest absolute Gasteiger partial charge is 0.508 e. The lowest BCUT2D eigenvalue weighted by Gasteiger charge is -2.47. The van der Waals surface area contributed by atoms with E-state index in [1.165, 1.54) is 26.2 Å². The van der Waals surface area contributed by atoms with Crippen molar-refractivity contribution in [2.75, 3.05) is 25.1 Å². The molecule has 0 saturated carbocycles. The van der Waals surface area contributed by atoms with E-state index in [0.29, 0.717) is 50.8 Å². The number of benzene rings is 4. The van der Waals surface area contributed by atoms with E-state index < -0.39 is 29.6 Å². The Bertz CT molecular complexity index is 3470. The summed E-state index contributed by atoms with van der Waals surface area (Å²) in [5.41, 5.74) is 6.73. The molecule has 0 saturated heterocycles. The second-order valence-corrected chi connectivity index (χ2v) is 21.5. The number of hydrogen-bond donors (Lipinski definition) is 6. The van der Waals surface area contributed by atoms with Gasteiger partial charge in [0, 0.05) is 97.6 Å². The summed E-state index contributed by atoms with van der Waals surface area (Å²) in [6.07, 6.45) is 25.8. The number of rotatable bonds is 9. The number of phenolic OH excluding ortho intramolecular Hbond substituents is 3. The van der Waals surface area contributed by atoms with Crippen LogP contribution in [0.25, 0.3) is 10.8 Å². The Hall–Kier alpha value is -8.23. The van der Waals surface area contributed by atoms with Gasteiger partial charge in [-0.2, -0.15) is 0 Å². The van der Waals surface area contributed by atoms with Crippen molar-refractivity contribution in [1.29, 1.82) is 0 Å². The molecule has 14 heteroatoms. The molecule has 4 heterocycles. The Labute approximate surface area is 453 Å². The number of methoxy groups -OCH3 is 1. The van der Waals surface area contributed by atoms with Crippen molar-refractivity contribution in [3.63, 3.8) is 0 Å². The lowest BCUT2D eigenvalue weighted by atomic mass is 9.57. The highest BCUT2D eigenvalue weighted by molar-refractivity contribution is 6.00. The maximum atomic E-state index is 15.2. The van der Waals surface area contributed by atoms with Crippen LogP contribution in [0, 0.1) is 11.3 Å². The van der Waals surface area contributed by atoms with Crippen molar-refractivity contribution < 1.29 is 49.0 Å². The number of nitrogens with one attached hydrogen (secondary N) is 2. The van der Waals surface area contributed by atoms with Crippen LogP contribution >= 0.6 is 0 Å². The maximum Gasteiger partial charge on any atom is 0.302 e. The Morgan fingerprint density at radius 3 is 2.51 bits per heavy atom. The number of anilines is 1. The zero-order chi connectivity index (χ0) is 54.2. The molecule has 0 amide bonds. The van der Waals surface area contributed by atoms with Crippen LogP contribution in [0.5, 0.6) is 34.5 Å². The fourth-order valence-electron chi connectivity index (χ4n) is 13.0. The van der Waals surface area contributed by atoms with Crippen molar-refractivity contribution in [2.45, 2.75) is 102 Å². The molecule has 6 aromatic rings. The molecule has 14 nitrogen and oxygen atoms in total. The number of nitrogens with zero attached hydrogens (tertiary/aromatic N) is 2. The predicted molar refractivity (Wildman–Crippen MR) is 298 cm³/mol.